The molecule has 0 fully saturated rings. The van der Waals surface area contributed by atoms with Crippen LogP contribution in [0.5, 0.6) is 0 Å². The molecule has 0 radical (unpaired) electrons. The Balaban J connectivity index is 2.37. The van der Waals surface area contributed by atoms with E-state index < -0.39 is 5.69 Å². The van der Waals surface area contributed by atoms with Crippen molar-refractivity contribution >= 4 is 0 Å². The summed E-state index contributed by atoms with van der Waals surface area (Å²) < 4.78 is 15.2. The molecule has 17 heavy (non-hydrogen) atoms. The van der Waals surface area contributed by atoms with Crippen molar-refractivity contribution in [1.82, 2.24) is 9.55 Å². The molecule has 0 amide bonds. The van der Waals surface area contributed by atoms with Crippen LogP contribution in [0.2, 0.25) is 0 Å². The van der Waals surface area contributed by atoms with Gasteiger partial charge in [0.25, 0.3) is 0 Å². The zero-order valence-corrected chi connectivity index (χ0v) is 9.14. The van der Waals surface area contributed by atoms with Crippen molar-refractivity contribution in [3.8, 4) is 0 Å². The van der Waals surface area contributed by atoms with Gasteiger partial charge in [0.15, 0.2) is 0 Å². The Morgan fingerprint density at radius 1 is 1.29 bits per heavy atom. The monoisotopic (exact) mass is 233 g/mol. The highest BCUT2D eigenvalue weighted by Crippen LogP contribution is 2.13. The van der Waals surface area contributed by atoms with Crippen LogP contribution < -0.4 is 11.4 Å². The first kappa shape index (κ1) is 11.5. The van der Waals surface area contributed by atoms with Crippen molar-refractivity contribution in [2.75, 3.05) is 0 Å². The molecule has 1 aromatic heterocycles. The summed E-state index contributed by atoms with van der Waals surface area (Å²) in [5.41, 5.74) is 5.90. The van der Waals surface area contributed by atoms with E-state index in [0.29, 0.717) is 11.1 Å². The molecule has 1 heterocycles. The quantitative estimate of drug-likeness (QED) is 0.856. The Hall–Kier alpha value is -2.01. The molecule has 0 bridgehead atoms. The molecular weight excluding hydrogens is 221 g/mol. The van der Waals surface area contributed by atoms with Gasteiger partial charge in [-0.15, -0.1) is 0 Å². The average molecular weight is 233 g/mol. The van der Waals surface area contributed by atoms with Gasteiger partial charge in [0.1, 0.15) is 5.82 Å². The molecule has 0 spiro atoms. The maximum atomic E-state index is 13.9. The number of nitrogens with two attached hydrogens (primary N) is 1. The molecular formula is C12H12FN3O. The highest BCUT2D eigenvalue weighted by molar-refractivity contribution is 5.26. The van der Waals surface area contributed by atoms with Gasteiger partial charge in [0.05, 0.1) is 6.54 Å². The minimum atomic E-state index is -0.398. The number of hydrogen-bond donors (Lipinski definition) is 1. The number of hydrogen-bond acceptors (Lipinski definition) is 3. The third kappa shape index (κ3) is 2.39. The van der Waals surface area contributed by atoms with E-state index in [1.807, 2.05) is 0 Å². The maximum Gasteiger partial charge on any atom is 0.347 e. The van der Waals surface area contributed by atoms with Crippen LogP contribution in [0.4, 0.5) is 4.39 Å². The summed E-state index contributed by atoms with van der Waals surface area (Å²) >= 11 is 0. The van der Waals surface area contributed by atoms with Crippen molar-refractivity contribution in [2.45, 2.75) is 13.1 Å². The summed E-state index contributed by atoms with van der Waals surface area (Å²) in [4.78, 5) is 15.0. The maximum absolute atomic E-state index is 13.9. The van der Waals surface area contributed by atoms with Gasteiger partial charge >= 0.3 is 5.69 Å². The minimum absolute atomic E-state index is 0.140. The summed E-state index contributed by atoms with van der Waals surface area (Å²) in [6.45, 7) is 0.300. The van der Waals surface area contributed by atoms with E-state index in [2.05, 4.69) is 4.98 Å². The predicted octanol–water partition coefficient (Wildman–Crippen LogP) is 0.889. The van der Waals surface area contributed by atoms with Crippen LogP contribution >= 0.6 is 0 Å². The van der Waals surface area contributed by atoms with Crippen LogP contribution in [0.3, 0.4) is 0 Å². The van der Waals surface area contributed by atoms with Gasteiger partial charge in [-0.05, 0) is 6.07 Å². The summed E-state index contributed by atoms with van der Waals surface area (Å²) in [5, 5.41) is 0. The summed E-state index contributed by atoms with van der Waals surface area (Å²) in [5.74, 6) is -0.356. The first-order chi connectivity index (χ1) is 8.22. The molecule has 0 saturated carbocycles. The van der Waals surface area contributed by atoms with E-state index in [1.165, 1.54) is 10.8 Å². The molecule has 0 aliphatic rings. The van der Waals surface area contributed by atoms with Gasteiger partial charge in [0.2, 0.25) is 0 Å². The van der Waals surface area contributed by atoms with Crippen LogP contribution in [0.15, 0.2) is 41.5 Å². The predicted molar refractivity (Wildman–Crippen MR) is 61.9 cm³/mol. The molecule has 2 rings (SSSR count). The van der Waals surface area contributed by atoms with Crippen molar-refractivity contribution in [3.63, 3.8) is 0 Å². The Kier molecular flexibility index (Phi) is 3.30. The number of nitrogens with zero attached hydrogens (tertiary/aromatic N) is 2. The smallest absolute Gasteiger partial charge is 0.326 e. The highest BCUT2D eigenvalue weighted by Gasteiger charge is 2.07. The number of aromatic nitrogens is 2. The normalized spacial score (nSPS) is 10.5. The van der Waals surface area contributed by atoms with Gasteiger partial charge in [0, 0.05) is 30.1 Å². The van der Waals surface area contributed by atoms with E-state index in [-0.39, 0.29) is 18.9 Å². The van der Waals surface area contributed by atoms with Crippen LogP contribution in [0, 0.1) is 5.82 Å². The molecule has 5 heteroatoms. The SMILES string of the molecule is NCc1cccc(Cn2cccnc2=O)c1F. The summed E-state index contributed by atoms with van der Waals surface area (Å²) in [6, 6.07) is 6.62. The zero-order valence-electron chi connectivity index (χ0n) is 9.14. The van der Waals surface area contributed by atoms with Crippen LogP contribution in [0.25, 0.3) is 0 Å². The second-order valence-electron chi connectivity index (χ2n) is 3.62. The second-order valence-corrected chi connectivity index (χ2v) is 3.62. The number of halogens is 1. The van der Waals surface area contributed by atoms with Crippen molar-refractivity contribution in [1.29, 1.82) is 0 Å². The van der Waals surface area contributed by atoms with Gasteiger partial charge in [-0.3, -0.25) is 4.57 Å². The molecule has 2 N–H and O–H groups in total. The molecule has 0 aliphatic heterocycles. The molecule has 88 valence electrons. The van der Waals surface area contributed by atoms with E-state index in [4.69, 9.17) is 5.73 Å². The number of rotatable bonds is 3. The summed E-state index contributed by atoms with van der Waals surface area (Å²) in [6.07, 6.45) is 2.98. The first-order valence-corrected chi connectivity index (χ1v) is 5.20. The van der Waals surface area contributed by atoms with Gasteiger partial charge in [-0.25, -0.2) is 14.2 Å². The first-order valence-electron chi connectivity index (χ1n) is 5.20. The number of benzene rings is 1. The zero-order chi connectivity index (χ0) is 12.3. The third-order valence-corrected chi connectivity index (χ3v) is 2.50. The lowest BCUT2D eigenvalue weighted by Gasteiger charge is -2.08. The molecule has 0 unspecified atom stereocenters. The van der Waals surface area contributed by atoms with E-state index in [1.54, 1.807) is 30.5 Å². The van der Waals surface area contributed by atoms with Gasteiger partial charge in [-0.2, -0.15) is 0 Å². The Labute approximate surface area is 97.5 Å². The molecule has 0 aliphatic carbocycles. The standard InChI is InChI=1S/C12H12FN3O/c13-11-9(7-14)3-1-4-10(11)8-16-6-2-5-15-12(16)17/h1-6H,7-8,14H2. The highest BCUT2D eigenvalue weighted by atomic mass is 19.1. The fourth-order valence-electron chi connectivity index (χ4n) is 1.60. The fraction of sp³-hybridized carbons (Fsp3) is 0.167. The molecule has 0 atom stereocenters. The lowest BCUT2D eigenvalue weighted by Crippen LogP contribution is -2.22. The van der Waals surface area contributed by atoms with Crippen molar-refractivity contribution in [3.05, 3.63) is 64.1 Å². The summed E-state index contributed by atoms with van der Waals surface area (Å²) in [7, 11) is 0. The lowest BCUT2D eigenvalue weighted by atomic mass is 10.1. The molecule has 0 saturated heterocycles. The van der Waals surface area contributed by atoms with Gasteiger partial charge < -0.3 is 5.73 Å². The van der Waals surface area contributed by atoms with Crippen LogP contribution in [-0.2, 0) is 13.1 Å². The van der Waals surface area contributed by atoms with Crippen LogP contribution in [0.1, 0.15) is 11.1 Å². The van der Waals surface area contributed by atoms with Crippen molar-refractivity contribution in [2.24, 2.45) is 5.73 Å². The van der Waals surface area contributed by atoms with E-state index in [0.717, 1.165) is 0 Å². The Morgan fingerprint density at radius 2 is 2.06 bits per heavy atom. The Bertz CT molecular complexity index is 580. The average Bonchev–Trinajstić information content (AvgIpc) is 2.34. The largest absolute Gasteiger partial charge is 0.347 e. The second kappa shape index (κ2) is 4.88. The Morgan fingerprint density at radius 3 is 2.76 bits per heavy atom. The molecule has 4 nitrogen and oxygen atoms in total. The molecule has 1 aromatic carbocycles. The lowest BCUT2D eigenvalue weighted by molar-refractivity contribution is 0.579. The van der Waals surface area contributed by atoms with Gasteiger partial charge in [-0.1, -0.05) is 18.2 Å². The fourth-order valence-corrected chi connectivity index (χ4v) is 1.60. The minimum Gasteiger partial charge on any atom is -0.326 e. The molecule has 2 aromatic rings. The van der Waals surface area contributed by atoms with E-state index in [9.17, 15) is 9.18 Å². The topological polar surface area (TPSA) is 60.9 Å². The third-order valence-electron chi connectivity index (χ3n) is 2.50. The van der Waals surface area contributed by atoms with E-state index >= 15 is 0 Å². The van der Waals surface area contributed by atoms with Crippen molar-refractivity contribution < 1.29 is 4.39 Å². The van der Waals surface area contributed by atoms with Crippen LogP contribution in [-0.4, -0.2) is 9.55 Å².